The molecule has 5 nitrogen and oxygen atoms in total. The molecule has 0 radical (unpaired) electrons. The van der Waals surface area contributed by atoms with E-state index < -0.39 is 0 Å². The van der Waals surface area contributed by atoms with Crippen molar-refractivity contribution in [2.24, 2.45) is 0 Å². The Morgan fingerprint density at radius 3 is 2.64 bits per heavy atom. The van der Waals surface area contributed by atoms with Gasteiger partial charge in [-0.15, -0.1) is 0 Å². The Hall–Kier alpha value is -2.95. The van der Waals surface area contributed by atoms with Crippen LogP contribution < -0.4 is 5.32 Å². The van der Waals surface area contributed by atoms with Gasteiger partial charge in [-0.1, -0.05) is 24.3 Å². The van der Waals surface area contributed by atoms with E-state index in [0.29, 0.717) is 12.2 Å². The Morgan fingerprint density at radius 1 is 1.14 bits per heavy atom. The zero-order valence-corrected chi connectivity index (χ0v) is 12.2. The van der Waals surface area contributed by atoms with Crippen LogP contribution in [0.25, 0.3) is 5.69 Å². The minimum Gasteiger partial charge on any atom is -0.345 e. The Morgan fingerprint density at radius 2 is 1.91 bits per heavy atom. The van der Waals surface area contributed by atoms with Crippen molar-refractivity contribution in [2.45, 2.75) is 13.5 Å². The molecule has 2 heterocycles. The average molecular weight is 292 g/mol. The fourth-order valence-electron chi connectivity index (χ4n) is 2.19. The maximum Gasteiger partial charge on any atom is 0.270 e. The fraction of sp³-hybridized carbons (Fsp3) is 0.118. The molecule has 0 spiro atoms. The summed E-state index contributed by atoms with van der Waals surface area (Å²) < 4.78 is 1.66. The largest absolute Gasteiger partial charge is 0.345 e. The van der Waals surface area contributed by atoms with Crippen molar-refractivity contribution >= 4 is 5.91 Å². The highest BCUT2D eigenvalue weighted by atomic mass is 16.2. The van der Waals surface area contributed by atoms with Gasteiger partial charge in [-0.05, 0) is 37.3 Å². The highest BCUT2D eigenvalue weighted by molar-refractivity contribution is 5.93. The van der Waals surface area contributed by atoms with Gasteiger partial charge in [0.15, 0.2) is 0 Å². The van der Waals surface area contributed by atoms with Gasteiger partial charge in [-0.3, -0.25) is 9.78 Å². The molecule has 0 unspecified atom stereocenters. The molecule has 1 amide bonds. The van der Waals surface area contributed by atoms with E-state index in [1.165, 1.54) is 0 Å². The van der Waals surface area contributed by atoms with E-state index >= 15 is 0 Å². The predicted octanol–water partition coefficient (Wildman–Crippen LogP) is 2.51. The van der Waals surface area contributed by atoms with Crippen LogP contribution in [0.15, 0.2) is 60.8 Å². The minimum atomic E-state index is -0.171. The molecular weight excluding hydrogens is 276 g/mol. The number of para-hydroxylation sites is 1. The summed E-state index contributed by atoms with van der Waals surface area (Å²) in [7, 11) is 0. The molecule has 0 aliphatic rings. The minimum absolute atomic E-state index is 0.171. The average Bonchev–Trinajstić information content (AvgIpc) is 2.96. The van der Waals surface area contributed by atoms with Crippen LogP contribution in [0.4, 0.5) is 0 Å². The number of nitrogens with zero attached hydrogens (tertiary/aromatic N) is 3. The molecule has 0 atom stereocenters. The standard InChI is InChI=1S/C17H16N4O/c1-13-11-16(21(20-13)15-8-3-2-4-9-15)17(22)19-12-14-7-5-6-10-18-14/h2-11H,12H2,1H3,(H,19,22). The van der Waals surface area contributed by atoms with Gasteiger partial charge in [0.2, 0.25) is 0 Å². The van der Waals surface area contributed by atoms with Gasteiger partial charge in [-0.2, -0.15) is 5.10 Å². The van der Waals surface area contributed by atoms with Crippen molar-refractivity contribution < 1.29 is 4.79 Å². The highest BCUT2D eigenvalue weighted by Gasteiger charge is 2.15. The van der Waals surface area contributed by atoms with Gasteiger partial charge >= 0.3 is 0 Å². The van der Waals surface area contributed by atoms with Crippen molar-refractivity contribution in [3.63, 3.8) is 0 Å². The second kappa shape index (κ2) is 6.22. The summed E-state index contributed by atoms with van der Waals surface area (Å²) in [5.41, 5.74) is 2.99. The Balaban J connectivity index is 1.81. The molecule has 0 bridgehead atoms. The van der Waals surface area contributed by atoms with Crippen molar-refractivity contribution in [2.75, 3.05) is 0 Å². The molecule has 110 valence electrons. The van der Waals surface area contributed by atoms with E-state index in [9.17, 15) is 4.79 Å². The predicted molar refractivity (Wildman–Crippen MR) is 83.7 cm³/mol. The lowest BCUT2D eigenvalue weighted by Crippen LogP contribution is -2.25. The number of amides is 1. The second-order valence-corrected chi connectivity index (χ2v) is 4.92. The van der Waals surface area contributed by atoms with Crippen molar-refractivity contribution in [3.8, 4) is 5.69 Å². The van der Waals surface area contributed by atoms with Crippen LogP contribution in [0.3, 0.4) is 0 Å². The summed E-state index contributed by atoms with van der Waals surface area (Å²) in [6.07, 6.45) is 1.71. The molecule has 3 rings (SSSR count). The number of aryl methyl sites for hydroxylation is 1. The molecule has 1 aromatic carbocycles. The Kier molecular flexibility index (Phi) is 3.96. The third kappa shape index (κ3) is 3.03. The summed E-state index contributed by atoms with van der Waals surface area (Å²) >= 11 is 0. The van der Waals surface area contributed by atoms with E-state index in [1.807, 2.05) is 55.5 Å². The number of pyridine rings is 1. The van der Waals surface area contributed by atoms with E-state index in [0.717, 1.165) is 17.1 Å². The zero-order chi connectivity index (χ0) is 15.4. The summed E-state index contributed by atoms with van der Waals surface area (Å²) in [6, 6.07) is 17.0. The van der Waals surface area contributed by atoms with Gasteiger partial charge in [0.05, 0.1) is 23.6 Å². The maximum atomic E-state index is 12.4. The van der Waals surface area contributed by atoms with E-state index in [4.69, 9.17) is 0 Å². The first-order valence-corrected chi connectivity index (χ1v) is 7.04. The SMILES string of the molecule is Cc1cc(C(=O)NCc2ccccn2)n(-c2ccccc2)n1. The molecule has 0 saturated heterocycles. The molecule has 2 aromatic heterocycles. The quantitative estimate of drug-likeness (QED) is 0.803. The number of carbonyl (C=O) groups excluding carboxylic acids is 1. The van der Waals surface area contributed by atoms with Crippen LogP contribution in [0, 0.1) is 6.92 Å². The fourth-order valence-corrected chi connectivity index (χ4v) is 2.19. The number of hydrogen-bond donors (Lipinski definition) is 1. The normalized spacial score (nSPS) is 10.4. The van der Waals surface area contributed by atoms with Gasteiger partial charge < -0.3 is 5.32 Å². The molecule has 22 heavy (non-hydrogen) atoms. The number of nitrogens with one attached hydrogen (secondary N) is 1. The van der Waals surface area contributed by atoms with Crippen molar-refractivity contribution in [1.29, 1.82) is 0 Å². The zero-order valence-electron chi connectivity index (χ0n) is 12.2. The molecule has 0 aliphatic carbocycles. The first-order valence-electron chi connectivity index (χ1n) is 7.04. The smallest absolute Gasteiger partial charge is 0.270 e. The number of aromatic nitrogens is 3. The van der Waals surface area contributed by atoms with E-state index in [1.54, 1.807) is 16.9 Å². The van der Waals surface area contributed by atoms with Crippen LogP contribution in [0.2, 0.25) is 0 Å². The number of hydrogen-bond acceptors (Lipinski definition) is 3. The Bertz CT molecular complexity index is 766. The molecule has 3 aromatic rings. The molecule has 0 aliphatic heterocycles. The van der Waals surface area contributed by atoms with Gasteiger partial charge in [0.25, 0.3) is 5.91 Å². The topological polar surface area (TPSA) is 59.8 Å². The van der Waals surface area contributed by atoms with Crippen LogP contribution in [-0.2, 0) is 6.54 Å². The van der Waals surface area contributed by atoms with Gasteiger partial charge in [0.1, 0.15) is 5.69 Å². The molecule has 1 N–H and O–H groups in total. The lowest BCUT2D eigenvalue weighted by Gasteiger charge is -2.08. The number of benzene rings is 1. The van der Waals surface area contributed by atoms with Gasteiger partial charge in [-0.25, -0.2) is 4.68 Å². The van der Waals surface area contributed by atoms with E-state index in [-0.39, 0.29) is 5.91 Å². The lowest BCUT2D eigenvalue weighted by atomic mass is 10.3. The van der Waals surface area contributed by atoms with Crippen molar-refractivity contribution in [3.05, 3.63) is 77.9 Å². The Labute approximate surface area is 128 Å². The summed E-state index contributed by atoms with van der Waals surface area (Å²) in [4.78, 5) is 16.6. The highest BCUT2D eigenvalue weighted by Crippen LogP contribution is 2.12. The summed E-state index contributed by atoms with van der Waals surface area (Å²) in [6.45, 7) is 2.26. The first-order chi connectivity index (χ1) is 10.7. The van der Waals surface area contributed by atoms with Crippen LogP contribution in [0.1, 0.15) is 21.9 Å². The van der Waals surface area contributed by atoms with Crippen LogP contribution >= 0.6 is 0 Å². The third-order valence-corrected chi connectivity index (χ3v) is 3.22. The van der Waals surface area contributed by atoms with Gasteiger partial charge in [0, 0.05) is 6.20 Å². The first kappa shape index (κ1) is 14.0. The van der Waals surface area contributed by atoms with E-state index in [2.05, 4.69) is 15.4 Å². The summed E-state index contributed by atoms with van der Waals surface area (Å²) in [5, 5.41) is 7.27. The lowest BCUT2D eigenvalue weighted by molar-refractivity contribution is 0.0942. The maximum absolute atomic E-state index is 12.4. The molecule has 0 fully saturated rings. The number of rotatable bonds is 4. The van der Waals surface area contributed by atoms with Crippen LogP contribution in [-0.4, -0.2) is 20.7 Å². The summed E-state index contributed by atoms with van der Waals surface area (Å²) in [5.74, 6) is -0.171. The molecular formula is C17H16N4O. The number of carbonyl (C=O) groups is 1. The second-order valence-electron chi connectivity index (χ2n) is 4.92. The molecule has 0 saturated carbocycles. The monoisotopic (exact) mass is 292 g/mol. The van der Waals surface area contributed by atoms with Crippen molar-refractivity contribution in [1.82, 2.24) is 20.1 Å². The molecule has 5 heteroatoms. The van der Waals surface area contributed by atoms with Crippen LogP contribution in [0.5, 0.6) is 0 Å². The third-order valence-electron chi connectivity index (χ3n) is 3.22.